The minimum Gasteiger partial charge on any atom is -0.497 e. The third-order valence-electron chi connectivity index (χ3n) is 5.05. The molecule has 2 aromatic heterocycles. The van der Waals surface area contributed by atoms with Crippen molar-refractivity contribution in [2.75, 3.05) is 19.5 Å². The van der Waals surface area contributed by atoms with Crippen molar-refractivity contribution in [1.29, 1.82) is 0 Å². The molecule has 164 valence electrons. The minimum absolute atomic E-state index is 0.194. The second-order valence-electron chi connectivity index (χ2n) is 7.02. The van der Waals surface area contributed by atoms with Crippen molar-refractivity contribution in [1.82, 2.24) is 14.2 Å². The quantitative estimate of drug-likeness (QED) is 0.462. The molecule has 4 aromatic rings. The topological polar surface area (TPSA) is 107 Å². The van der Waals surface area contributed by atoms with Crippen molar-refractivity contribution in [2.45, 2.75) is 13.2 Å². The number of methoxy groups -OCH3 is 2. The summed E-state index contributed by atoms with van der Waals surface area (Å²) in [5.41, 5.74) is 1.97. The lowest BCUT2D eigenvalue weighted by Gasteiger charge is -2.09. The van der Waals surface area contributed by atoms with Crippen LogP contribution in [0.1, 0.15) is 5.56 Å². The minimum atomic E-state index is -0.426. The Kier molecular flexibility index (Phi) is 5.91. The van der Waals surface area contributed by atoms with E-state index in [0.717, 1.165) is 5.56 Å². The summed E-state index contributed by atoms with van der Waals surface area (Å²) in [6, 6.07) is 14.1. The zero-order chi connectivity index (χ0) is 22.7. The number of amides is 1. The maximum absolute atomic E-state index is 13.1. The summed E-state index contributed by atoms with van der Waals surface area (Å²) in [6.07, 6.45) is 3.08. The third-order valence-corrected chi connectivity index (χ3v) is 5.05. The van der Waals surface area contributed by atoms with E-state index in [4.69, 9.17) is 9.47 Å². The molecule has 0 fully saturated rings. The largest absolute Gasteiger partial charge is 0.497 e. The molecule has 4 rings (SSSR count). The molecule has 0 spiro atoms. The molecule has 9 nitrogen and oxygen atoms in total. The van der Waals surface area contributed by atoms with Crippen LogP contribution < -0.4 is 20.3 Å². The van der Waals surface area contributed by atoms with Gasteiger partial charge in [0.1, 0.15) is 23.6 Å². The molecule has 32 heavy (non-hydrogen) atoms. The van der Waals surface area contributed by atoms with E-state index < -0.39 is 5.56 Å². The SMILES string of the molecule is COc1ccc(-c2nn3ccn(CC(=O)Nc4cccc(OC)c4)c(=O)c3c2CO)cc1. The average Bonchev–Trinajstić information content (AvgIpc) is 3.20. The number of carbonyl (C=O) groups excluding carboxylic acids is 1. The zero-order valence-corrected chi connectivity index (χ0v) is 17.6. The summed E-state index contributed by atoms with van der Waals surface area (Å²) < 4.78 is 13.0. The van der Waals surface area contributed by atoms with E-state index in [-0.39, 0.29) is 24.6 Å². The average molecular weight is 434 g/mol. The van der Waals surface area contributed by atoms with Gasteiger partial charge >= 0.3 is 0 Å². The number of benzene rings is 2. The van der Waals surface area contributed by atoms with Gasteiger partial charge in [0.05, 0.1) is 26.5 Å². The molecule has 2 heterocycles. The Bertz CT molecular complexity index is 1320. The number of ether oxygens (including phenoxy) is 2. The second kappa shape index (κ2) is 8.94. The highest BCUT2D eigenvalue weighted by Crippen LogP contribution is 2.26. The van der Waals surface area contributed by atoms with Gasteiger partial charge in [-0.15, -0.1) is 0 Å². The van der Waals surface area contributed by atoms with Gasteiger partial charge in [-0.25, -0.2) is 4.52 Å². The lowest BCUT2D eigenvalue weighted by molar-refractivity contribution is -0.116. The van der Waals surface area contributed by atoms with Gasteiger partial charge in [-0.1, -0.05) is 6.07 Å². The molecule has 1 amide bonds. The van der Waals surface area contributed by atoms with Crippen LogP contribution in [0.3, 0.4) is 0 Å². The summed E-state index contributed by atoms with van der Waals surface area (Å²) in [6.45, 7) is -0.569. The van der Waals surface area contributed by atoms with E-state index in [0.29, 0.717) is 28.4 Å². The Labute approximate surface area is 183 Å². The van der Waals surface area contributed by atoms with Gasteiger partial charge < -0.3 is 24.5 Å². The smallest absolute Gasteiger partial charge is 0.277 e. The molecule has 0 aliphatic rings. The van der Waals surface area contributed by atoms with E-state index >= 15 is 0 Å². The van der Waals surface area contributed by atoms with Gasteiger partial charge in [0.15, 0.2) is 0 Å². The number of anilines is 1. The first-order chi connectivity index (χ1) is 15.5. The molecule has 0 saturated heterocycles. The fourth-order valence-corrected chi connectivity index (χ4v) is 3.46. The number of nitrogens with zero attached hydrogens (tertiary/aromatic N) is 3. The number of hydrogen-bond donors (Lipinski definition) is 2. The van der Waals surface area contributed by atoms with Crippen molar-refractivity contribution in [3.63, 3.8) is 0 Å². The molecule has 0 bridgehead atoms. The van der Waals surface area contributed by atoms with E-state index in [2.05, 4.69) is 10.4 Å². The predicted molar refractivity (Wildman–Crippen MR) is 119 cm³/mol. The van der Waals surface area contributed by atoms with E-state index in [1.54, 1.807) is 68.9 Å². The van der Waals surface area contributed by atoms with Crippen LogP contribution in [0.4, 0.5) is 5.69 Å². The first-order valence-corrected chi connectivity index (χ1v) is 9.84. The molecule has 9 heteroatoms. The standard InChI is InChI=1S/C23H22N4O5/c1-31-17-8-6-15(7-9-17)21-19(14-28)22-23(30)26(10-11-27(22)25-21)13-20(29)24-16-4-3-5-18(12-16)32-2/h3-12,28H,13-14H2,1-2H3,(H,24,29). The first-order valence-electron chi connectivity index (χ1n) is 9.84. The zero-order valence-electron chi connectivity index (χ0n) is 17.6. The Morgan fingerprint density at radius 1 is 1.06 bits per heavy atom. The maximum atomic E-state index is 13.1. The normalized spacial score (nSPS) is 10.8. The number of nitrogens with one attached hydrogen (secondary N) is 1. The van der Waals surface area contributed by atoms with E-state index in [9.17, 15) is 14.7 Å². The highest BCUT2D eigenvalue weighted by molar-refractivity contribution is 5.90. The third kappa shape index (κ3) is 4.06. The molecule has 0 saturated carbocycles. The van der Waals surface area contributed by atoms with Gasteiger partial charge in [0.2, 0.25) is 5.91 Å². The number of carbonyl (C=O) groups is 1. The molecule has 0 atom stereocenters. The molecule has 2 aromatic carbocycles. The van der Waals surface area contributed by atoms with Crippen molar-refractivity contribution in [3.05, 3.63) is 76.8 Å². The number of aliphatic hydroxyl groups excluding tert-OH is 1. The van der Waals surface area contributed by atoms with Crippen molar-refractivity contribution >= 4 is 17.1 Å². The van der Waals surface area contributed by atoms with Crippen LogP contribution in [0, 0.1) is 0 Å². The lowest BCUT2D eigenvalue weighted by Crippen LogP contribution is -2.28. The molecule has 0 unspecified atom stereocenters. The molecular weight excluding hydrogens is 412 g/mol. The van der Waals surface area contributed by atoms with Crippen LogP contribution in [-0.2, 0) is 17.9 Å². The summed E-state index contributed by atoms with van der Waals surface area (Å²) in [4.78, 5) is 25.6. The van der Waals surface area contributed by atoms with Crippen molar-refractivity contribution in [3.8, 4) is 22.8 Å². The Hall–Kier alpha value is -4.11. The second-order valence-corrected chi connectivity index (χ2v) is 7.02. The number of hydrogen-bond acceptors (Lipinski definition) is 6. The van der Waals surface area contributed by atoms with Crippen LogP contribution in [0.15, 0.2) is 65.7 Å². The van der Waals surface area contributed by atoms with Crippen molar-refractivity contribution < 1.29 is 19.4 Å². The first kappa shape index (κ1) is 21.1. The Balaban J connectivity index is 1.65. The fourth-order valence-electron chi connectivity index (χ4n) is 3.46. The van der Waals surface area contributed by atoms with Crippen LogP contribution in [0.5, 0.6) is 11.5 Å². The summed E-state index contributed by atoms with van der Waals surface area (Å²) >= 11 is 0. The van der Waals surface area contributed by atoms with Gasteiger partial charge in [-0.05, 0) is 36.4 Å². The number of fused-ring (bicyclic) bond motifs is 1. The molecule has 0 radical (unpaired) electrons. The maximum Gasteiger partial charge on any atom is 0.277 e. The van der Waals surface area contributed by atoms with Gasteiger partial charge in [-0.3, -0.25) is 9.59 Å². The van der Waals surface area contributed by atoms with Crippen LogP contribution in [-0.4, -0.2) is 39.4 Å². The number of aromatic nitrogens is 3. The fraction of sp³-hybridized carbons (Fsp3) is 0.174. The monoisotopic (exact) mass is 434 g/mol. The van der Waals surface area contributed by atoms with Crippen LogP contribution in [0.25, 0.3) is 16.8 Å². The molecular formula is C23H22N4O5. The summed E-state index contributed by atoms with van der Waals surface area (Å²) in [5.74, 6) is 0.928. The summed E-state index contributed by atoms with van der Waals surface area (Å²) in [5, 5.41) is 17.2. The molecule has 2 N–H and O–H groups in total. The highest BCUT2D eigenvalue weighted by atomic mass is 16.5. The van der Waals surface area contributed by atoms with E-state index in [1.165, 1.54) is 15.3 Å². The molecule has 0 aliphatic carbocycles. The van der Waals surface area contributed by atoms with E-state index in [1.807, 2.05) is 0 Å². The Morgan fingerprint density at radius 2 is 1.81 bits per heavy atom. The van der Waals surface area contributed by atoms with Gasteiger partial charge in [0.25, 0.3) is 5.56 Å². The number of rotatable bonds is 7. The van der Waals surface area contributed by atoms with Crippen molar-refractivity contribution in [2.24, 2.45) is 0 Å². The molecule has 0 aliphatic heterocycles. The number of aliphatic hydroxyl groups is 1. The van der Waals surface area contributed by atoms with Crippen LogP contribution in [0.2, 0.25) is 0 Å². The Morgan fingerprint density at radius 3 is 2.50 bits per heavy atom. The highest BCUT2D eigenvalue weighted by Gasteiger charge is 2.18. The lowest BCUT2D eigenvalue weighted by atomic mass is 10.1. The summed E-state index contributed by atoms with van der Waals surface area (Å²) in [7, 11) is 3.12. The van der Waals surface area contributed by atoms with Gasteiger partial charge in [-0.2, -0.15) is 5.10 Å². The van der Waals surface area contributed by atoms with Gasteiger partial charge in [0, 0.05) is 35.3 Å². The van der Waals surface area contributed by atoms with Crippen LogP contribution >= 0.6 is 0 Å². The predicted octanol–water partition coefficient (Wildman–Crippen LogP) is 2.31.